The number of esters is 1. The number of ether oxygens (including phenoxy) is 3. The molecule has 0 saturated heterocycles. The van der Waals surface area contributed by atoms with Gasteiger partial charge < -0.3 is 19.3 Å². The summed E-state index contributed by atoms with van der Waals surface area (Å²) in [5, 5.41) is 11.2. The number of aromatic nitrogens is 1. The maximum atomic E-state index is 13.6. The molecule has 1 aliphatic rings. The van der Waals surface area contributed by atoms with E-state index in [1.807, 2.05) is 44.2 Å². The first-order valence-corrected chi connectivity index (χ1v) is 13.7. The van der Waals surface area contributed by atoms with Crippen molar-refractivity contribution in [2.24, 2.45) is 0 Å². The van der Waals surface area contributed by atoms with Crippen LogP contribution >= 0.6 is 11.3 Å². The van der Waals surface area contributed by atoms with Crippen molar-refractivity contribution >= 4 is 40.2 Å². The minimum absolute atomic E-state index is 0.116. The van der Waals surface area contributed by atoms with Gasteiger partial charge in [0.1, 0.15) is 4.88 Å². The molecule has 1 aromatic heterocycles. The zero-order valence-electron chi connectivity index (χ0n) is 22.7. The second-order valence-electron chi connectivity index (χ2n) is 8.65. The van der Waals surface area contributed by atoms with Crippen LogP contribution in [0.4, 0.5) is 5.13 Å². The molecule has 1 unspecified atom stereocenters. The zero-order valence-corrected chi connectivity index (χ0v) is 23.5. The molecular weight excluding hydrogens is 532 g/mol. The van der Waals surface area contributed by atoms with Gasteiger partial charge in [0.05, 0.1) is 37.1 Å². The molecule has 1 N–H and O–H groups in total. The van der Waals surface area contributed by atoms with Crippen LogP contribution in [0.25, 0.3) is 6.08 Å². The number of carbonyl (C=O) groups is 3. The fourth-order valence-corrected chi connectivity index (χ4v) is 5.29. The first-order valence-electron chi connectivity index (χ1n) is 12.9. The number of amides is 1. The number of aliphatic hydroxyl groups is 1. The summed E-state index contributed by atoms with van der Waals surface area (Å²) in [4.78, 5) is 45.5. The van der Waals surface area contributed by atoms with Crippen LogP contribution in [0.3, 0.4) is 0 Å². The summed E-state index contributed by atoms with van der Waals surface area (Å²) in [5.74, 6) is -1.68. The van der Waals surface area contributed by atoms with Crippen molar-refractivity contribution in [2.75, 3.05) is 24.7 Å². The monoisotopic (exact) mass is 562 g/mol. The number of hydrogen-bond acceptors (Lipinski definition) is 9. The molecule has 0 radical (unpaired) electrons. The van der Waals surface area contributed by atoms with E-state index < -0.39 is 29.5 Å². The Hall–Kier alpha value is -4.44. The molecule has 1 amide bonds. The number of aliphatic hydroxyl groups excluding tert-OH is 1. The second kappa shape index (κ2) is 12.6. The molecule has 2 aromatic carbocycles. The Morgan fingerprint density at radius 2 is 1.73 bits per heavy atom. The molecule has 0 spiro atoms. The first kappa shape index (κ1) is 28.6. The van der Waals surface area contributed by atoms with E-state index in [9.17, 15) is 19.5 Å². The summed E-state index contributed by atoms with van der Waals surface area (Å²) in [6, 6.07) is 13.2. The molecule has 0 fully saturated rings. The molecule has 0 aliphatic carbocycles. The van der Waals surface area contributed by atoms with Crippen LogP contribution in [0, 0.1) is 6.92 Å². The molecule has 0 bridgehead atoms. The number of aryl methyl sites for hydroxylation is 1. The van der Waals surface area contributed by atoms with Crippen LogP contribution in [0.15, 0.2) is 65.9 Å². The standard InChI is InChI=1S/C30H30N2O7S/c1-5-37-22-16-14-20(17-23(22)38-6-2)25-24(21(33)15-13-19-11-9-8-10-12-19)26(34)28(35)32(25)30-31-18(4)27(40-30)29(36)39-7-3/h8-17,25,34H,5-7H2,1-4H3/b15-13+. The maximum absolute atomic E-state index is 13.6. The predicted molar refractivity (Wildman–Crippen MR) is 152 cm³/mol. The second-order valence-corrected chi connectivity index (χ2v) is 9.63. The number of nitrogens with zero attached hydrogens (tertiary/aromatic N) is 2. The van der Waals surface area contributed by atoms with Crippen molar-refractivity contribution in [3.8, 4) is 11.5 Å². The predicted octanol–water partition coefficient (Wildman–Crippen LogP) is 5.61. The van der Waals surface area contributed by atoms with Gasteiger partial charge in [-0.05, 0) is 57.0 Å². The molecule has 2 heterocycles. The van der Waals surface area contributed by atoms with E-state index >= 15 is 0 Å². The van der Waals surface area contributed by atoms with Crippen molar-refractivity contribution < 1.29 is 33.7 Å². The normalized spacial score (nSPS) is 15.2. The first-order chi connectivity index (χ1) is 19.3. The summed E-state index contributed by atoms with van der Waals surface area (Å²) in [5.41, 5.74) is 1.53. The number of ketones is 1. The summed E-state index contributed by atoms with van der Waals surface area (Å²) in [6.45, 7) is 7.96. The number of anilines is 1. The lowest BCUT2D eigenvalue weighted by Gasteiger charge is -2.25. The van der Waals surface area contributed by atoms with E-state index in [-0.39, 0.29) is 22.2 Å². The number of allylic oxidation sites excluding steroid dienone is 1. The van der Waals surface area contributed by atoms with Crippen molar-refractivity contribution in [3.63, 3.8) is 0 Å². The third-order valence-electron chi connectivity index (χ3n) is 6.04. The summed E-state index contributed by atoms with van der Waals surface area (Å²) in [6.07, 6.45) is 2.93. The lowest BCUT2D eigenvalue weighted by Crippen LogP contribution is -2.31. The highest BCUT2D eigenvalue weighted by molar-refractivity contribution is 7.17. The van der Waals surface area contributed by atoms with E-state index in [1.54, 1.807) is 38.1 Å². The number of carbonyl (C=O) groups excluding carboxylic acids is 3. The summed E-state index contributed by atoms with van der Waals surface area (Å²) < 4.78 is 16.6. The van der Waals surface area contributed by atoms with Gasteiger partial charge in [-0.3, -0.25) is 14.5 Å². The Morgan fingerprint density at radius 3 is 2.40 bits per heavy atom. The maximum Gasteiger partial charge on any atom is 0.350 e. The zero-order chi connectivity index (χ0) is 28.8. The summed E-state index contributed by atoms with van der Waals surface area (Å²) in [7, 11) is 0. The Bertz CT molecular complexity index is 1480. The topological polar surface area (TPSA) is 115 Å². The van der Waals surface area contributed by atoms with Crippen LogP contribution in [0.1, 0.15) is 53.3 Å². The van der Waals surface area contributed by atoms with Gasteiger partial charge in [-0.25, -0.2) is 9.78 Å². The molecule has 10 heteroatoms. The lowest BCUT2D eigenvalue weighted by atomic mass is 9.95. The minimum atomic E-state index is -1.05. The van der Waals surface area contributed by atoms with Gasteiger partial charge in [-0.2, -0.15) is 0 Å². The van der Waals surface area contributed by atoms with Gasteiger partial charge in [-0.15, -0.1) is 0 Å². The molecule has 1 aliphatic heterocycles. The molecule has 40 heavy (non-hydrogen) atoms. The number of hydrogen-bond donors (Lipinski definition) is 1. The van der Waals surface area contributed by atoms with Crippen LogP contribution in [0.5, 0.6) is 11.5 Å². The molecular formula is C30H30N2O7S. The average Bonchev–Trinajstić information content (AvgIpc) is 3.45. The van der Waals surface area contributed by atoms with Gasteiger partial charge in [0.15, 0.2) is 28.2 Å². The Balaban J connectivity index is 1.84. The highest BCUT2D eigenvalue weighted by Crippen LogP contribution is 2.45. The van der Waals surface area contributed by atoms with Gasteiger partial charge >= 0.3 is 5.97 Å². The fraction of sp³-hybridized carbons (Fsp3) is 0.267. The molecule has 9 nitrogen and oxygen atoms in total. The minimum Gasteiger partial charge on any atom is -0.503 e. The highest BCUT2D eigenvalue weighted by Gasteiger charge is 2.45. The van der Waals surface area contributed by atoms with Gasteiger partial charge in [0.25, 0.3) is 5.91 Å². The quantitative estimate of drug-likeness (QED) is 0.237. The van der Waals surface area contributed by atoms with Crippen LogP contribution in [-0.2, 0) is 14.3 Å². The Labute approximate surface area is 236 Å². The van der Waals surface area contributed by atoms with E-state index in [0.29, 0.717) is 36.0 Å². The van der Waals surface area contributed by atoms with Crippen LogP contribution in [-0.4, -0.2) is 47.6 Å². The van der Waals surface area contributed by atoms with Crippen molar-refractivity contribution in [1.29, 1.82) is 0 Å². The number of thiazole rings is 1. The van der Waals surface area contributed by atoms with E-state index in [2.05, 4.69) is 4.98 Å². The highest BCUT2D eigenvalue weighted by atomic mass is 32.1. The average molecular weight is 563 g/mol. The van der Waals surface area contributed by atoms with Crippen molar-refractivity contribution in [2.45, 2.75) is 33.7 Å². The van der Waals surface area contributed by atoms with Crippen LogP contribution in [0.2, 0.25) is 0 Å². The fourth-order valence-electron chi connectivity index (χ4n) is 4.30. The Kier molecular flexibility index (Phi) is 9.00. The van der Waals surface area contributed by atoms with E-state index in [1.165, 1.54) is 11.0 Å². The van der Waals surface area contributed by atoms with Crippen molar-refractivity contribution in [3.05, 3.63) is 87.6 Å². The SMILES string of the molecule is CCOC(=O)c1sc(N2C(=O)C(O)=C(C(=O)/C=C/c3ccccc3)C2c2ccc(OCC)c(OCC)c2)nc1C. The lowest BCUT2D eigenvalue weighted by molar-refractivity contribution is -0.117. The summed E-state index contributed by atoms with van der Waals surface area (Å²) >= 11 is 0.955. The van der Waals surface area contributed by atoms with E-state index in [4.69, 9.17) is 14.2 Å². The van der Waals surface area contributed by atoms with E-state index in [0.717, 1.165) is 16.9 Å². The van der Waals surface area contributed by atoms with Gasteiger partial charge in [0, 0.05) is 0 Å². The van der Waals surface area contributed by atoms with Crippen LogP contribution < -0.4 is 14.4 Å². The third-order valence-corrected chi connectivity index (χ3v) is 7.17. The van der Waals surface area contributed by atoms with Gasteiger partial charge in [0.2, 0.25) is 0 Å². The number of rotatable bonds is 11. The number of benzene rings is 2. The smallest absolute Gasteiger partial charge is 0.350 e. The largest absolute Gasteiger partial charge is 0.503 e. The molecule has 208 valence electrons. The molecule has 3 aromatic rings. The van der Waals surface area contributed by atoms with Gasteiger partial charge in [-0.1, -0.05) is 53.8 Å². The molecule has 1 atom stereocenters. The molecule has 0 saturated carbocycles. The Morgan fingerprint density at radius 1 is 1.02 bits per heavy atom. The third kappa shape index (κ3) is 5.76. The molecule has 4 rings (SSSR count). The van der Waals surface area contributed by atoms with Crippen molar-refractivity contribution in [1.82, 2.24) is 4.98 Å².